The molecule has 0 radical (unpaired) electrons. The zero-order chi connectivity index (χ0) is 16.6. The van der Waals surface area contributed by atoms with Gasteiger partial charge in [0.25, 0.3) is 0 Å². The maximum Gasteiger partial charge on any atom is 0.139 e. The predicted molar refractivity (Wildman–Crippen MR) is 96.9 cm³/mol. The molecule has 2 aromatic carbocycles. The summed E-state index contributed by atoms with van der Waals surface area (Å²) in [5.74, 6) is 0. The highest BCUT2D eigenvalue weighted by Gasteiger charge is 2.41. The third-order valence-corrected chi connectivity index (χ3v) is 5.44. The Morgan fingerprint density at radius 3 is 2.71 bits per heavy atom. The average molecular weight is 340 g/mol. The minimum Gasteiger partial charge on any atom is -0.286 e. The molecule has 2 heterocycles. The molecule has 0 N–H and O–H groups in total. The second-order valence-electron chi connectivity index (χ2n) is 6.55. The van der Waals surface area contributed by atoms with E-state index in [1.165, 1.54) is 16.8 Å². The van der Waals surface area contributed by atoms with Gasteiger partial charge in [-0.2, -0.15) is 5.10 Å². The van der Waals surface area contributed by atoms with Crippen LogP contribution in [0.5, 0.6) is 0 Å². The molecule has 5 heteroatoms. The molecule has 4 rings (SSSR count). The molecule has 1 aromatic heterocycles. The molecule has 0 aliphatic carbocycles. The Hall–Kier alpha value is -2.17. The van der Waals surface area contributed by atoms with Crippen LogP contribution >= 0.6 is 11.6 Å². The lowest BCUT2D eigenvalue weighted by molar-refractivity contribution is 0.204. The third-order valence-electron chi connectivity index (χ3n) is 5.19. The van der Waals surface area contributed by atoms with Gasteiger partial charge in [0.1, 0.15) is 24.4 Å². The first kappa shape index (κ1) is 15.4. The fourth-order valence-corrected chi connectivity index (χ4v) is 3.90. The van der Waals surface area contributed by atoms with E-state index in [1.54, 1.807) is 12.7 Å². The van der Waals surface area contributed by atoms with Gasteiger partial charge in [0, 0.05) is 29.1 Å². The van der Waals surface area contributed by atoms with Gasteiger partial charge >= 0.3 is 0 Å². The summed E-state index contributed by atoms with van der Waals surface area (Å²) in [5, 5.41) is 5.10. The van der Waals surface area contributed by atoms with Gasteiger partial charge in [0.15, 0.2) is 0 Å². The van der Waals surface area contributed by atoms with Gasteiger partial charge in [-0.05, 0) is 17.7 Å². The Morgan fingerprint density at radius 1 is 1.17 bits per heavy atom. The molecule has 2 atom stereocenters. The summed E-state index contributed by atoms with van der Waals surface area (Å²) in [6, 6.07) is 17.3. The van der Waals surface area contributed by atoms with E-state index in [0.717, 1.165) is 29.0 Å². The van der Waals surface area contributed by atoms with Crippen molar-refractivity contribution < 1.29 is 0 Å². The van der Waals surface area contributed by atoms with Crippen LogP contribution < -0.4 is 4.48 Å². The van der Waals surface area contributed by atoms with Crippen LogP contribution in [0.1, 0.15) is 17.2 Å². The Kier molecular flexibility index (Phi) is 3.87. The van der Waals surface area contributed by atoms with Crippen molar-refractivity contribution in [2.45, 2.75) is 19.0 Å². The first-order chi connectivity index (χ1) is 11.7. The summed E-state index contributed by atoms with van der Waals surface area (Å²) >= 11 is 6.10. The SMILES string of the molecule is C[N+]1(c2ccc(Cl)cc2)CCc2ccccc2C1Cn1cncn1. The highest BCUT2D eigenvalue weighted by atomic mass is 35.5. The van der Waals surface area contributed by atoms with Crippen LogP contribution in [0, 0.1) is 0 Å². The highest BCUT2D eigenvalue weighted by Crippen LogP contribution is 2.40. The lowest BCUT2D eigenvalue weighted by Crippen LogP contribution is -2.53. The van der Waals surface area contributed by atoms with Crippen molar-refractivity contribution >= 4 is 17.3 Å². The summed E-state index contributed by atoms with van der Waals surface area (Å²) in [4.78, 5) is 4.10. The molecule has 0 bridgehead atoms. The van der Waals surface area contributed by atoms with Crippen LogP contribution in [0.2, 0.25) is 5.02 Å². The summed E-state index contributed by atoms with van der Waals surface area (Å²) in [6.45, 7) is 1.86. The molecule has 0 spiro atoms. The molecular formula is C19H20ClN4+. The second kappa shape index (κ2) is 6.04. The summed E-state index contributed by atoms with van der Waals surface area (Å²) in [6.07, 6.45) is 4.47. The molecule has 0 saturated heterocycles. The molecule has 0 amide bonds. The fraction of sp³-hybridized carbons (Fsp3) is 0.263. The van der Waals surface area contributed by atoms with Crippen molar-refractivity contribution in [2.75, 3.05) is 13.6 Å². The van der Waals surface area contributed by atoms with E-state index in [-0.39, 0.29) is 6.04 Å². The van der Waals surface area contributed by atoms with Gasteiger partial charge in [0.05, 0.1) is 20.1 Å². The molecule has 0 fully saturated rings. The Bertz CT molecular complexity index is 829. The van der Waals surface area contributed by atoms with Crippen LogP contribution in [0.4, 0.5) is 5.69 Å². The normalized spacial score (nSPS) is 23.0. The molecule has 0 saturated carbocycles. The van der Waals surface area contributed by atoms with Gasteiger partial charge in [0.2, 0.25) is 0 Å². The van der Waals surface area contributed by atoms with Crippen LogP contribution in [0.25, 0.3) is 0 Å². The van der Waals surface area contributed by atoms with E-state index in [2.05, 4.69) is 53.5 Å². The topological polar surface area (TPSA) is 30.7 Å². The molecule has 4 nitrogen and oxygen atoms in total. The number of nitrogens with zero attached hydrogens (tertiary/aromatic N) is 4. The number of rotatable bonds is 3. The van der Waals surface area contributed by atoms with Crippen molar-refractivity contribution in [2.24, 2.45) is 0 Å². The molecule has 3 aromatic rings. The first-order valence-electron chi connectivity index (χ1n) is 8.18. The summed E-state index contributed by atoms with van der Waals surface area (Å²) in [5.41, 5.74) is 4.11. The average Bonchev–Trinajstić information content (AvgIpc) is 3.11. The Balaban J connectivity index is 1.81. The number of aromatic nitrogens is 3. The monoisotopic (exact) mass is 339 g/mol. The van der Waals surface area contributed by atoms with Gasteiger partial charge in [-0.25, -0.2) is 9.67 Å². The molecule has 1 aliphatic rings. The number of hydrogen-bond donors (Lipinski definition) is 0. The maximum atomic E-state index is 6.10. The lowest BCUT2D eigenvalue weighted by atomic mass is 9.89. The third kappa shape index (κ3) is 2.62. The van der Waals surface area contributed by atoms with Gasteiger partial charge < -0.3 is 0 Å². The van der Waals surface area contributed by atoms with Crippen molar-refractivity contribution in [3.63, 3.8) is 0 Å². The van der Waals surface area contributed by atoms with E-state index < -0.39 is 0 Å². The van der Waals surface area contributed by atoms with Crippen LogP contribution in [0.3, 0.4) is 0 Å². The van der Waals surface area contributed by atoms with Crippen molar-refractivity contribution in [3.8, 4) is 0 Å². The molecule has 2 unspecified atom stereocenters. The smallest absolute Gasteiger partial charge is 0.139 e. The zero-order valence-corrected chi connectivity index (χ0v) is 14.4. The van der Waals surface area contributed by atoms with E-state index in [0.29, 0.717) is 0 Å². The largest absolute Gasteiger partial charge is 0.286 e. The molecule has 122 valence electrons. The Morgan fingerprint density at radius 2 is 1.96 bits per heavy atom. The standard InChI is InChI=1S/C19H20ClN4/c1-24(17-8-6-16(20)7-9-17)11-10-15-4-2-3-5-18(15)19(24)12-23-14-21-13-22-23/h2-9,13-14,19H,10-12H2,1H3/q+1. The minimum atomic E-state index is 0.290. The van der Waals surface area contributed by atoms with E-state index in [9.17, 15) is 0 Å². The predicted octanol–water partition coefficient (Wildman–Crippen LogP) is 3.87. The van der Waals surface area contributed by atoms with Gasteiger partial charge in [-0.1, -0.05) is 35.9 Å². The van der Waals surface area contributed by atoms with Crippen LogP contribution in [-0.4, -0.2) is 28.4 Å². The minimum absolute atomic E-state index is 0.290. The quantitative estimate of drug-likeness (QED) is 0.678. The Labute approximate surface area is 146 Å². The summed E-state index contributed by atoms with van der Waals surface area (Å²) in [7, 11) is 2.31. The number of fused-ring (bicyclic) bond motifs is 1. The van der Waals surface area contributed by atoms with Crippen molar-refractivity contribution in [1.82, 2.24) is 19.2 Å². The number of likely N-dealkylation sites (N-methyl/N-ethyl adjacent to an activating group) is 1. The second-order valence-corrected chi connectivity index (χ2v) is 6.99. The van der Waals surface area contributed by atoms with Crippen LogP contribution in [-0.2, 0) is 13.0 Å². The maximum absolute atomic E-state index is 6.10. The number of hydrogen-bond acceptors (Lipinski definition) is 2. The first-order valence-corrected chi connectivity index (χ1v) is 8.56. The van der Waals surface area contributed by atoms with E-state index >= 15 is 0 Å². The van der Waals surface area contributed by atoms with Gasteiger partial charge in [-0.15, -0.1) is 0 Å². The molecular weight excluding hydrogens is 320 g/mol. The van der Waals surface area contributed by atoms with Crippen molar-refractivity contribution in [1.29, 1.82) is 0 Å². The van der Waals surface area contributed by atoms with Crippen LogP contribution in [0.15, 0.2) is 61.2 Å². The summed E-state index contributed by atoms with van der Waals surface area (Å²) < 4.78 is 2.77. The van der Waals surface area contributed by atoms with Crippen molar-refractivity contribution in [3.05, 3.63) is 77.3 Å². The number of halogens is 1. The molecule has 1 aliphatic heterocycles. The number of quaternary nitrogens is 1. The zero-order valence-electron chi connectivity index (χ0n) is 13.6. The lowest BCUT2D eigenvalue weighted by Gasteiger charge is -2.45. The van der Waals surface area contributed by atoms with E-state index in [1.807, 2.05) is 16.8 Å². The fourth-order valence-electron chi connectivity index (χ4n) is 3.78. The van der Waals surface area contributed by atoms with E-state index in [4.69, 9.17) is 11.6 Å². The highest BCUT2D eigenvalue weighted by molar-refractivity contribution is 6.30. The molecule has 24 heavy (non-hydrogen) atoms. The van der Waals surface area contributed by atoms with Gasteiger partial charge in [-0.3, -0.25) is 4.48 Å². The number of benzene rings is 2.